The van der Waals surface area contributed by atoms with E-state index in [1.54, 1.807) is 0 Å². The third-order valence-corrected chi connectivity index (χ3v) is 4.00. The van der Waals surface area contributed by atoms with E-state index in [0.29, 0.717) is 12.0 Å². The lowest BCUT2D eigenvalue weighted by atomic mass is 10.0. The summed E-state index contributed by atoms with van der Waals surface area (Å²) >= 11 is 0. The molecule has 0 heterocycles. The molecule has 1 fully saturated rings. The first-order valence-corrected chi connectivity index (χ1v) is 7.15. The van der Waals surface area contributed by atoms with Crippen LogP contribution in [0, 0.1) is 0 Å². The molecule has 1 aliphatic carbocycles. The van der Waals surface area contributed by atoms with Gasteiger partial charge in [0.1, 0.15) is 0 Å². The number of rotatable bonds is 7. The third kappa shape index (κ3) is 3.80. The molecule has 0 saturated heterocycles. The molecule has 1 saturated carbocycles. The molecule has 1 aromatic carbocycles. The fraction of sp³-hybridized carbons (Fsp3) is 0.562. The molecule has 0 amide bonds. The molecule has 19 heavy (non-hydrogen) atoms. The number of hydrogen-bond donors (Lipinski definition) is 1. The second-order valence-electron chi connectivity index (χ2n) is 5.53. The average Bonchev–Trinajstić information content (AvgIpc) is 3.21. The van der Waals surface area contributed by atoms with Crippen LogP contribution in [-0.4, -0.2) is 28.6 Å². The topological polar surface area (TPSA) is 40.5 Å². The molecule has 104 valence electrons. The Balaban J connectivity index is 2.13. The highest BCUT2D eigenvalue weighted by molar-refractivity contribution is 5.69. The monoisotopic (exact) mass is 261 g/mol. The van der Waals surface area contributed by atoms with Crippen molar-refractivity contribution in [1.82, 2.24) is 4.90 Å². The van der Waals surface area contributed by atoms with Gasteiger partial charge in [-0.25, -0.2) is 0 Å². The van der Waals surface area contributed by atoms with Crippen LogP contribution in [-0.2, 0) is 11.3 Å². The summed E-state index contributed by atoms with van der Waals surface area (Å²) < 4.78 is 0. The van der Waals surface area contributed by atoms with Crippen molar-refractivity contribution in [2.75, 3.05) is 6.54 Å². The van der Waals surface area contributed by atoms with Gasteiger partial charge in [0.2, 0.25) is 0 Å². The van der Waals surface area contributed by atoms with Crippen LogP contribution in [0.4, 0.5) is 0 Å². The molecule has 3 heteroatoms. The van der Waals surface area contributed by atoms with Crippen LogP contribution in [0.2, 0.25) is 0 Å². The van der Waals surface area contributed by atoms with Crippen LogP contribution < -0.4 is 0 Å². The molecule has 0 radical (unpaired) electrons. The minimum Gasteiger partial charge on any atom is -0.480 e. The molecular weight excluding hydrogens is 238 g/mol. The minimum atomic E-state index is -0.746. The van der Waals surface area contributed by atoms with Crippen molar-refractivity contribution in [1.29, 1.82) is 0 Å². The molecule has 1 aliphatic rings. The van der Waals surface area contributed by atoms with Gasteiger partial charge in [-0.1, -0.05) is 31.2 Å². The summed E-state index contributed by atoms with van der Waals surface area (Å²) in [6, 6.07) is 8.77. The fourth-order valence-corrected chi connectivity index (χ4v) is 2.49. The minimum absolute atomic E-state index is 0.119. The summed E-state index contributed by atoms with van der Waals surface area (Å²) in [6.07, 6.45) is 3.53. The number of carboxylic acid groups (broad SMARTS) is 1. The summed E-state index contributed by atoms with van der Waals surface area (Å²) in [5, 5.41) is 9.06. The molecule has 0 spiro atoms. The van der Waals surface area contributed by atoms with Gasteiger partial charge in [-0.05, 0) is 43.2 Å². The maximum Gasteiger partial charge on any atom is 0.317 e. The molecule has 1 N–H and O–H groups in total. The molecule has 1 aromatic rings. The van der Waals surface area contributed by atoms with E-state index in [1.165, 1.54) is 24.0 Å². The zero-order valence-electron chi connectivity index (χ0n) is 11.8. The third-order valence-electron chi connectivity index (χ3n) is 4.00. The lowest BCUT2D eigenvalue weighted by molar-refractivity contribution is -0.139. The van der Waals surface area contributed by atoms with Crippen molar-refractivity contribution in [2.45, 2.75) is 51.6 Å². The molecule has 0 aromatic heterocycles. The first-order valence-electron chi connectivity index (χ1n) is 7.15. The molecule has 0 bridgehead atoms. The molecule has 2 rings (SSSR count). The second kappa shape index (κ2) is 6.20. The Hall–Kier alpha value is -1.35. The SMILES string of the molecule is CCC(C)N(CC(=O)O)Cc1ccccc1C1CC1. The molecule has 0 aliphatic heterocycles. The normalized spacial score (nSPS) is 16.6. The summed E-state index contributed by atoms with van der Waals surface area (Å²) in [6.45, 7) is 5.07. The number of aliphatic carboxylic acids is 1. The zero-order valence-corrected chi connectivity index (χ0v) is 11.8. The maximum atomic E-state index is 11.0. The van der Waals surface area contributed by atoms with Crippen LogP contribution in [0.1, 0.15) is 50.2 Å². The summed E-state index contributed by atoms with van der Waals surface area (Å²) in [4.78, 5) is 13.1. The fourth-order valence-electron chi connectivity index (χ4n) is 2.49. The quantitative estimate of drug-likeness (QED) is 0.819. The van der Waals surface area contributed by atoms with E-state index in [1.807, 2.05) is 0 Å². The summed E-state index contributed by atoms with van der Waals surface area (Å²) in [7, 11) is 0. The van der Waals surface area contributed by atoms with Crippen LogP contribution in [0.3, 0.4) is 0 Å². The van der Waals surface area contributed by atoms with E-state index in [4.69, 9.17) is 5.11 Å². The number of carboxylic acids is 1. The van der Waals surface area contributed by atoms with E-state index < -0.39 is 5.97 Å². The lowest BCUT2D eigenvalue weighted by Gasteiger charge is -2.27. The highest BCUT2D eigenvalue weighted by Gasteiger charge is 2.26. The Morgan fingerprint density at radius 1 is 1.42 bits per heavy atom. The van der Waals surface area contributed by atoms with Crippen molar-refractivity contribution in [3.63, 3.8) is 0 Å². The molecule has 1 atom stereocenters. The van der Waals surface area contributed by atoms with E-state index >= 15 is 0 Å². The van der Waals surface area contributed by atoms with Crippen LogP contribution in [0.15, 0.2) is 24.3 Å². The Kier molecular flexibility index (Phi) is 4.59. The lowest BCUT2D eigenvalue weighted by Crippen LogP contribution is -2.36. The van der Waals surface area contributed by atoms with E-state index in [-0.39, 0.29) is 6.54 Å². The predicted octanol–water partition coefficient (Wildman–Crippen LogP) is 3.25. The maximum absolute atomic E-state index is 11.0. The zero-order chi connectivity index (χ0) is 13.8. The van der Waals surface area contributed by atoms with E-state index in [0.717, 1.165) is 13.0 Å². The molecule has 1 unspecified atom stereocenters. The van der Waals surface area contributed by atoms with Crippen molar-refractivity contribution in [2.24, 2.45) is 0 Å². The van der Waals surface area contributed by atoms with E-state index in [9.17, 15) is 4.79 Å². The first-order chi connectivity index (χ1) is 9.11. The van der Waals surface area contributed by atoms with Crippen molar-refractivity contribution in [3.05, 3.63) is 35.4 Å². The number of hydrogen-bond acceptors (Lipinski definition) is 2. The van der Waals surface area contributed by atoms with Crippen LogP contribution in [0.25, 0.3) is 0 Å². The Labute approximate surface area is 115 Å². The van der Waals surface area contributed by atoms with Gasteiger partial charge in [-0.2, -0.15) is 0 Å². The van der Waals surface area contributed by atoms with Gasteiger partial charge in [-0.3, -0.25) is 9.69 Å². The number of nitrogens with zero attached hydrogens (tertiary/aromatic N) is 1. The summed E-state index contributed by atoms with van der Waals surface area (Å²) in [5.74, 6) is -0.0380. The van der Waals surface area contributed by atoms with Gasteiger partial charge in [0.05, 0.1) is 6.54 Å². The first kappa shape index (κ1) is 14.1. The van der Waals surface area contributed by atoms with Gasteiger partial charge in [0.15, 0.2) is 0 Å². The molecular formula is C16H23NO2. The Morgan fingerprint density at radius 3 is 2.68 bits per heavy atom. The van der Waals surface area contributed by atoms with Crippen LogP contribution >= 0.6 is 0 Å². The number of benzene rings is 1. The highest BCUT2D eigenvalue weighted by atomic mass is 16.4. The average molecular weight is 261 g/mol. The van der Waals surface area contributed by atoms with E-state index in [2.05, 4.69) is 43.0 Å². The molecule has 3 nitrogen and oxygen atoms in total. The summed E-state index contributed by atoms with van der Waals surface area (Å²) in [5.41, 5.74) is 2.72. The Morgan fingerprint density at radius 2 is 2.11 bits per heavy atom. The van der Waals surface area contributed by atoms with Crippen molar-refractivity contribution >= 4 is 5.97 Å². The predicted molar refractivity (Wildman–Crippen MR) is 76.2 cm³/mol. The van der Waals surface area contributed by atoms with Gasteiger partial charge >= 0.3 is 5.97 Å². The van der Waals surface area contributed by atoms with Crippen molar-refractivity contribution in [3.8, 4) is 0 Å². The largest absolute Gasteiger partial charge is 0.480 e. The smallest absolute Gasteiger partial charge is 0.317 e. The van der Waals surface area contributed by atoms with Gasteiger partial charge in [0.25, 0.3) is 0 Å². The van der Waals surface area contributed by atoms with Gasteiger partial charge < -0.3 is 5.11 Å². The standard InChI is InChI=1S/C16H23NO2/c1-3-12(2)17(11-16(18)19)10-14-6-4-5-7-15(14)13-8-9-13/h4-7,12-13H,3,8-11H2,1-2H3,(H,18,19). The number of carbonyl (C=O) groups is 1. The second-order valence-corrected chi connectivity index (χ2v) is 5.53. The van der Waals surface area contributed by atoms with Crippen molar-refractivity contribution < 1.29 is 9.90 Å². The van der Waals surface area contributed by atoms with Crippen LogP contribution in [0.5, 0.6) is 0 Å². The Bertz CT molecular complexity index is 440. The van der Waals surface area contributed by atoms with Gasteiger partial charge in [0, 0.05) is 12.6 Å². The highest BCUT2D eigenvalue weighted by Crippen LogP contribution is 2.41. The van der Waals surface area contributed by atoms with Gasteiger partial charge in [-0.15, -0.1) is 0 Å².